The summed E-state index contributed by atoms with van der Waals surface area (Å²) < 4.78 is 0. The highest BCUT2D eigenvalue weighted by Crippen LogP contribution is 2.24. The summed E-state index contributed by atoms with van der Waals surface area (Å²) in [4.78, 5) is 14.7. The van der Waals surface area contributed by atoms with Crippen molar-refractivity contribution in [2.75, 3.05) is 19.3 Å². The normalized spacial score (nSPS) is 10.0. The van der Waals surface area contributed by atoms with E-state index in [1.54, 1.807) is 23.7 Å². The molecular weight excluding hydrogens is 256 g/mol. The third-order valence-corrected chi connectivity index (χ3v) is 4.06. The molecule has 0 fully saturated rings. The van der Waals surface area contributed by atoms with Gasteiger partial charge in [0.25, 0.3) is 0 Å². The molecular formula is C15H20N2OS. The van der Waals surface area contributed by atoms with Gasteiger partial charge in [-0.25, -0.2) is 0 Å². The van der Waals surface area contributed by atoms with E-state index in [2.05, 4.69) is 38.1 Å². The molecule has 0 atom stereocenters. The molecule has 1 amide bonds. The van der Waals surface area contributed by atoms with Crippen molar-refractivity contribution in [3.8, 4) is 6.07 Å². The van der Waals surface area contributed by atoms with Crippen molar-refractivity contribution in [2.45, 2.75) is 31.6 Å². The zero-order chi connectivity index (χ0) is 14.3. The molecule has 1 aromatic rings. The minimum Gasteiger partial charge on any atom is -0.345 e. The van der Waals surface area contributed by atoms with Gasteiger partial charge in [-0.1, -0.05) is 17.7 Å². The maximum absolute atomic E-state index is 11.8. The molecule has 0 saturated carbocycles. The molecule has 3 nitrogen and oxygen atoms in total. The lowest BCUT2D eigenvalue weighted by Gasteiger charge is -2.15. The maximum atomic E-state index is 11.8. The van der Waals surface area contributed by atoms with Gasteiger partial charge in [0.15, 0.2) is 0 Å². The SMILES string of the molecule is Cc1ccc(C)c(SCCC(=O)N(C)CCC#N)c1. The van der Waals surface area contributed by atoms with E-state index in [0.717, 1.165) is 5.75 Å². The number of carbonyl (C=O) groups is 1. The Labute approximate surface area is 119 Å². The number of amides is 1. The number of nitrogens with zero attached hydrogens (tertiary/aromatic N) is 2. The fourth-order valence-electron chi connectivity index (χ4n) is 1.64. The van der Waals surface area contributed by atoms with Crippen molar-refractivity contribution < 1.29 is 4.79 Å². The molecule has 0 radical (unpaired) electrons. The quantitative estimate of drug-likeness (QED) is 0.750. The summed E-state index contributed by atoms with van der Waals surface area (Å²) in [5, 5.41) is 8.49. The maximum Gasteiger partial charge on any atom is 0.223 e. The lowest BCUT2D eigenvalue weighted by atomic mass is 10.2. The summed E-state index contributed by atoms with van der Waals surface area (Å²) >= 11 is 1.72. The Morgan fingerprint density at radius 3 is 2.84 bits per heavy atom. The Hall–Kier alpha value is -1.47. The molecule has 0 heterocycles. The van der Waals surface area contributed by atoms with E-state index in [1.165, 1.54) is 16.0 Å². The van der Waals surface area contributed by atoms with Gasteiger partial charge in [-0.3, -0.25) is 4.79 Å². The van der Waals surface area contributed by atoms with Crippen LogP contribution in [-0.2, 0) is 4.79 Å². The van der Waals surface area contributed by atoms with Crippen LogP contribution in [0.2, 0.25) is 0 Å². The minimum absolute atomic E-state index is 0.105. The van der Waals surface area contributed by atoms with Crippen LogP contribution in [-0.4, -0.2) is 30.2 Å². The van der Waals surface area contributed by atoms with Crippen molar-refractivity contribution >= 4 is 17.7 Å². The Balaban J connectivity index is 2.40. The molecule has 0 aromatic heterocycles. The molecule has 0 spiro atoms. The number of thioether (sulfide) groups is 1. The van der Waals surface area contributed by atoms with Gasteiger partial charge in [0, 0.05) is 30.7 Å². The highest BCUT2D eigenvalue weighted by Gasteiger charge is 2.08. The average molecular weight is 276 g/mol. The van der Waals surface area contributed by atoms with E-state index in [-0.39, 0.29) is 5.91 Å². The molecule has 19 heavy (non-hydrogen) atoms. The second kappa shape index (κ2) is 7.85. The average Bonchev–Trinajstić information content (AvgIpc) is 2.39. The zero-order valence-electron chi connectivity index (χ0n) is 11.8. The molecule has 1 rings (SSSR count). The summed E-state index contributed by atoms with van der Waals surface area (Å²) in [5.41, 5.74) is 2.49. The molecule has 4 heteroatoms. The number of carbonyl (C=O) groups excluding carboxylic acids is 1. The summed E-state index contributed by atoms with van der Waals surface area (Å²) in [7, 11) is 1.75. The number of aryl methyl sites for hydroxylation is 2. The Morgan fingerprint density at radius 2 is 2.16 bits per heavy atom. The molecule has 0 aliphatic carbocycles. The fraction of sp³-hybridized carbons (Fsp3) is 0.467. The van der Waals surface area contributed by atoms with Gasteiger partial charge >= 0.3 is 0 Å². The van der Waals surface area contributed by atoms with E-state index < -0.39 is 0 Å². The summed E-state index contributed by atoms with van der Waals surface area (Å²) in [6.45, 7) is 4.68. The standard InChI is InChI=1S/C15H20N2OS/c1-12-5-6-13(2)14(11-12)19-10-7-15(18)17(3)9-4-8-16/h5-6,11H,4,7,9-10H2,1-3H3. The van der Waals surface area contributed by atoms with Crippen molar-refractivity contribution in [3.05, 3.63) is 29.3 Å². The van der Waals surface area contributed by atoms with Crippen LogP contribution in [0, 0.1) is 25.2 Å². The smallest absolute Gasteiger partial charge is 0.223 e. The molecule has 0 aliphatic heterocycles. The van der Waals surface area contributed by atoms with E-state index in [1.807, 2.05) is 0 Å². The van der Waals surface area contributed by atoms with Gasteiger partial charge in [0.05, 0.1) is 12.5 Å². The number of rotatable bonds is 6. The molecule has 1 aromatic carbocycles. The first-order valence-electron chi connectivity index (χ1n) is 6.35. The van der Waals surface area contributed by atoms with Gasteiger partial charge in [0.1, 0.15) is 0 Å². The first-order chi connectivity index (χ1) is 9.04. The second-order valence-electron chi connectivity index (χ2n) is 4.59. The van der Waals surface area contributed by atoms with Gasteiger partial charge in [0.2, 0.25) is 5.91 Å². The van der Waals surface area contributed by atoms with Crippen LogP contribution in [0.25, 0.3) is 0 Å². The van der Waals surface area contributed by atoms with Gasteiger partial charge < -0.3 is 4.90 Å². The Bertz CT molecular complexity index is 480. The van der Waals surface area contributed by atoms with Crippen molar-refractivity contribution in [2.24, 2.45) is 0 Å². The lowest BCUT2D eigenvalue weighted by molar-refractivity contribution is -0.129. The van der Waals surface area contributed by atoms with Crippen LogP contribution in [0.1, 0.15) is 24.0 Å². The molecule has 0 aliphatic rings. The summed E-state index contributed by atoms with van der Waals surface area (Å²) in [5.74, 6) is 0.882. The summed E-state index contributed by atoms with van der Waals surface area (Å²) in [6.07, 6.45) is 0.909. The molecule has 0 saturated heterocycles. The third-order valence-electron chi connectivity index (χ3n) is 2.90. The van der Waals surface area contributed by atoms with Crippen LogP contribution in [0.15, 0.2) is 23.1 Å². The summed E-state index contributed by atoms with van der Waals surface area (Å²) in [6, 6.07) is 8.41. The second-order valence-corrected chi connectivity index (χ2v) is 5.73. The van der Waals surface area contributed by atoms with Crippen LogP contribution in [0.3, 0.4) is 0 Å². The molecule has 0 N–H and O–H groups in total. The number of hydrogen-bond donors (Lipinski definition) is 0. The fourth-order valence-corrected chi connectivity index (χ4v) is 2.71. The number of benzene rings is 1. The molecule has 102 valence electrons. The van der Waals surface area contributed by atoms with Gasteiger partial charge in [-0.15, -0.1) is 11.8 Å². The first kappa shape index (κ1) is 15.6. The van der Waals surface area contributed by atoms with E-state index >= 15 is 0 Å². The predicted octanol–water partition coefficient (Wildman–Crippen LogP) is 3.16. The minimum atomic E-state index is 0.105. The zero-order valence-corrected chi connectivity index (χ0v) is 12.6. The topological polar surface area (TPSA) is 44.1 Å². The predicted molar refractivity (Wildman–Crippen MR) is 79.1 cm³/mol. The monoisotopic (exact) mass is 276 g/mol. The number of nitriles is 1. The van der Waals surface area contributed by atoms with Gasteiger partial charge in [-0.05, 0) is 25.5 Å². The van der Waals surface area contributed by atoms with Crippen LogP contribution >= 0.6 is 11.8 Å². The van der Waals surface area contributed by atoms with E-state index in [9.17, 15) is 4.79 Å². The highest BCUT2D eigenvalue weighted by molar-refractivity contribution is 7.99. The van der Waals surface area contributed by atoms with E-state index in [0.29, 0.717) is 19.4 Å². The Kier molecular flexibility index (Phi) is 6.44. The number of hydrogen-bond acceptors (Lipinski definition) is 3. The van der Waals surface area contributed by atoms with Crippen LogP contribution in [0.5, 0.6) is 0 Å². The molecule has 0 unspecified atom stereocenters. The third kappa shape index (κ3) is 5.35. The van der Waals surface area contributed by atoms with E-state index in [4.69, 9.17) is 5.26 Å². The van der Waals surface area contributed by atoms with Crippen molar-refractivity contribution in [1.82, 2.24) is 4.90 Å². The largest absolute Gasteiger partial charge is 0.345 e. The van der Waals surface area contributed by atoms with Crippen LogP contribution in [0.4, 0.5) is 0 Å². The highest BCUT2D eigenvalue weighted by atomic mass is 32.2. The van der Waals surface area contributed by atoms with Gasteiger partial charge in [-0.2, -0.15) is 5.26 Å². The first-order valence-corrected chi connectivity index (χ1v) is 7.34. The molecule has 0 bridgehead atoms. The van der Waals surface area contributed by atoms with Crippen LogP contribution < -0.4 is 0 Å². The lowest BCUT2D eigenvalue weighted by Crippen LogP contribution is -2.27. The van der Waals surface area contributed by atoms with Crippen molar-refractivity contribution in [3.63, 3.8) is 0 Å². The van der Waals surface area contributed by atoms with Crippen molar-refractivity contribution in [1.29, 1.82) is 5.26 Å². The Morgan fingerprint density at radius 1 is 1.42 bits per heavy atom.